The quantitative estimate of drug-likeness (QED) is 0.434. The first kappa shape index (κ1) is 22.4. The monoisotopic (exact) mass is 454 g/mol. The fourth-order valence-corrected chi connectivity index (χ4v) is 3.52. The summed E-state index contributed by atoms with van der Waals surface area (Å²) in [4.78, 5) is 24.7. The van der Waals surface area contributed by atoms with E-state index < -0.39 is 0 Å². The maximum absolute atomic E-state index is 12.3. The molecule has 5 nitrogen and oxygen atoms in total. The zero-order valence-corrected chi connectivity index (χ0v) is 18.4. The van der Waals surface area contributed by atoms with Gasteiger partial charge in [0.25, 0.3) is 5.91 Å². The highest BCUT2D eigenvalue weighted by atomic mass is 35.5. The maximum Gasteiger partial charge on any atom is 0.255 e. The van der Waals surface area contributed by atoms with Crippen molar-refractivity contribution in [3.8, 4) is 5.75 Å². The van der Waals surface area contributed by atoms with Crippen LogP contribution in [0.4, 0.5) is 11.4 Å². The zero-order chi connectivity index (χ0) is 22.4. The van der Waals surface area contributed by atoms with Crippen molar-refractivity contribution in [1.82, 2.24) is 0 Å². The van der Waals surface area contributed by atoms with Crippen molar-refractivity contribution in [1.29, 1.82) is 0 Å². The molecule has 0 aliphatic rings. The summed E-state index contributed by atoms with van der Waals surface area (Å²) in [6.07, 6.45) is 2.94. The van der Waals surface area contributed by atoms with E-state index in [9.17, 15) is 9.59 Å². The van der Waals surface area contributed by atoms with Crippen LogP contribution in [0.15, 0.2) is 66.7 Å². The number of benzene rings is 3. The normalized spacial score (nSPS) is 10.7. The number of rotatable bonds is 6. The van der Waals surface area contributed by atoms with Gasteiger partial charge in [-0.3, -0.25) is 9.59 Å². The molecule has 158 valence electrons. The summed E-state index contributed by atoms with van der Waals surface area (Å²) in [7, 11) is 1.49. The van der Waals surface area contributed by atoms with Crippen LogP contribution in [0.3, 0.4) is 0 Å². The molecule has 2 N–H and O–H groups in total. The van der Waals surface area contributed by atoms with E-state index in [0.717, 1.165) is 5.56 Å². The average Bonchev–Trinajstić information content (AvgIpc) is 2.74. The summed E-state index contributed by atoms with van der Waals surface area (Å²) in [5.74, 6) is -0.0966. The maximum atomic E-state index is 12.3. The fraction of sp³-hybridized carbons (Fsp3) is 0.0833. The Morgan fingerprint density at radius 2 is 1.71 bits per heavy atom. The highest BCUT2D eigenvalue weighted by Crippen LogP contribution is 2.33. The number of anilines is 2. The molecule has 0 bridgehead atoms. The van der Waals surface area contributed by atoms with Crippen molar-refractivity contribution >= 4 is 52.5 Å². The van der Waals surface area contributed by atoms with Crippen molar-refractivity contribution in [2.24, 2.45) is 0 Å². The molecule has 0 radical (unpaired) electrons. The summed E-state index contributed by atoms with van der Waals surface area (Å²) < 4.78 is 5.27. The summed E-state index contributed by atoms with van der Waals surface area (Å²) >= 11 is 12.1. The standard InChI is InChI=1S/C24H20Cl2N2O3/c1-15-12-19(9-10-21(15)28-24(30)16-6-4-3-5-7-16)27-22(29)11-8-17-13-18(25)14-20(26)23(17)31-2/h3-14H,1-2H3,(H,27,29)(H,28,30). The van der Waals surface area contributed by atoms with Crippen LogP contribution in [0.5, 0.6) is 5.75 Å². The van der Waals surface area contributed by atoms with Gasteiger partial charge >= 0.3 is 0 Å². The van der Waals surface area contributed by atoms with Gasteiger partial charge in [0.1, 0.15) is 5.75 Å². The van der Waals surface area contributed by atoms with E-state index in [1.54, 1.807) is 60.7 Å². The number of aryl methyl sites for hydroxylation is 1. The lowest BCUT2D eigenvalue weighted by molar-refractivity contribution is -0.111. The number of nitrogens with one attached hydrogen (secondary N) is 2. The molecule has 7 heteroatoms. The fourth-order valence-electron chi connectivity index (χ4n) is 2.93. The topological polar surface area (TPSA) is 67.4 Å². The molecule has 0 atom stereocenters. The lowest BCUT2D eigenvalue weighted by Crippen LogP contribution is -2.13. The van der Waals surface area contributed by atoms with Gasteiger partial charge in [-0.2, -0.15) is 0 Å². The Bertz CT molecular complexity index is 1150. The van der Waals surface area contributed by atoms with Crippen molar-refractivity contribution in [2.75, 3.05) is 17.7 Å². The first-order valence-electron chi connectivity index (χ1n) is 9.36. The predicted octanol–water partition coefficient (Wildman–Crippen LogP) is 6.21. The Labute approximate surface area is 190 Å². The number of carbonyl (C=O) groups excluding carboxylic acids is 2. The summed E-state index contributed by atoms with van der Waals surface area (Å²) in [6.45, 7) is 1.85. The number of halogens is 2. The van der Waals surface area contributed by atoms with Crippen LogP contribution in [0.25, 0.3) is 6.08 Å². The van der Waals surface area contributed by atoms with E-state index in [1.165, 1.54) is 13.2 Å². The van der Waals surface area contributed by atoms with E-state index >= 15 is 0 Å². The Morgan fingerprint density at radius 1 is 0.968 bits per heavy atom. The van der Waals surface area contributed by atoms with E-state index in [0.29, 0.717) is 38.3 Å². The van der Waals surface area contributed by atoms with Crippen molar-refractivity contribution in [2.45, 2.75) is 6.92 Å². The molecule has 0 fully saturated rings. The summed E-state index contributed by atoms with van der Waals surface area (Å²) in [5.41, 5.74) is 3.24. The smallest absolute Gasteiger partial charge is 0.255 e. The number of amides is 2. The molecule has 0 saturated heterocycles. The molecule has 0 aliphatic carbocycles. The van der Waals surface area contributed by atoms with Crippen LogP contribution in [-0.4, -0.2) is 18.9 Å². The number of carbonyl (C=O) groups is 2. The molecule has 3 aromatic carbocycles. The van der Waals surface area contributed by atoms with Crippen molar-refractivity contribution in [3.63, 3.8) is 0 Å². The van der Waals surface area contributed by atoms with Crippen LogP contribution in [0.1, 0.15) is 21.5 Å². The highest BCUT2D eigenvalue weighted by Gasteiger charge is 2.10. The molecular weight excluding hydrogens is 435 g/mol. The third kappa shape index (κ3) is 5.87. The minimum absolute atomic E-state index is 0.197. The molecule has 0 aromatic heterocycles. The van der Waals surface area contributed by atoms with Gasteiger partial charge in [-0.1, -0.05) is 41.4 Å². The van der Waals surface area contributed by atoms with Gasteiger partial charge in [0.15, 0.2) is 0 Å². The van der Waals surface area contributed by atoms with E-state index in [2.05, 4.69) is 10.6 Å². The van der Waals surface area contributed by atoms with Gasteiger partial charge in [0.05, 0.1) is 12.1 Å². The molecule has 31 heavy (non-hydrogen) atoms. The van der Waals surface area contributed by atoms with Gasteiger partial charge in [-0.25, -0.2) is 0 Å². The predicted molar refractivity (Wildman–Crippen MR) is 126 cm³/mol. The van der Waals surface area contributed by atoms with Gasteiger partial charge in [-0.15, -0.1) is 0 Å². The largest absolute Gasteiger partial charge is 0.495 e. The Balaban J connectivity index is 1.68. The third-order valence-corrected chi connectivity index (χ3v) is 4.93. The summed E-state index contributed by atoms with van der Waals surface area (Å²) in [6, 6.07) is 17.4. The second-order valence-corrected chi connectivity index (χ2v) is 7.53. The van der Waals surface area contributed by atoms with Gasteiger partial charge < -0.3 is 15.4 Å². The molecule has 0 unspecified atom stereocenters. The van der Waals surface area contributed by atoms with E-state index in [4.69, 9.17) is 27.9 Å². The Morgan fingerprint density at radius 3 is 2.39 bits per heavy atom. The van der Waals surface area contributed by atoms with Crippen LogP contribution in [0.2, 0.25) is 10.0 Å². The number of methoxy groups -OCH3 is 1. The second-order valence-electron chi connectivity index (χ2n) is 6.68. The minimum atomic E-state index is -0.335. The third-order valence-electron chi connectivity index (χ3n) is 4.43. The minimum Gasteiger partial charge on any atom is -0.495 e. The number of hydrogen-bond donors (Lipinski definition) is 2. The molecule has 3 aromatic rings. The molecule has 0 aliphatic heterocycles. The van der Waals surface area contributed by atoms with E-state index in [1.807, 2.05) is 13.0 Å². The van der Waals surface area contributed by atoms with Crippen LogP contribution in [0, 0.1) is 6.92 Å². The lowest BCUT2D eigenvalue weighted by atomic mass is 10.1. The second kappa shape index (κ2) is 10.2. The Hall–Kier alpha value is -3.28. The molecule has 0 spiro atoms. The summed E-state index contributed by atoms with van der Waals surface area (Å²) in [5, 5.41) is 6.46. The lowest BCUT2D eigenvalue weighted by Gasteiger charge is -2.11. The van der Waals surface area contributed by atoms with E-state index in [-0.39, 0.29) is 11.8 Å². The number of ether oxygens (including phenoxy) is 1. The van der Waals surface area contributed by atoms with Gasteiger partial charge in [-0.05, 0) is 61.0 Å². The average molecular weight is 455 g/mol. The molecule has 3 rings (SSSR count). The molecule has 0 saturated carbocycles. The Kier molecular flexibility index (Phi) is 7.34. The van der Waals surface area contributed by atoms with Crippen molar-refractivity contribution in [3.05, 3.63) is 93.5 Å². The SMILES string of the molecule is COc1c(Cl)cc(Cl)cc1C=CC(=O)Nc1ccc(NC(=O)c2ccccc2)c(C)c1. The molecule has 0 heterocycles. The van der Waals surface area contributed by atoms with Crippen LogP contribution in [-0.2, 0) is 4.79 Å². The van der Waals surface area contributed by atoms with Crippen molar-refractivity contribution < 1.29 is 14.3 Å². The first-order valence-corrected chi connectivity index (χ1v) is 10.1. The van der Waals surface area contributed by atoms with Gasteiger partial charge in [0.2, 0.25) is 5.91 Å². The molecular formula is C24H20Cl2N2O3. The molecule has 2 amide bonds. The van der Waals surface area contributed by atoms with Gasteiger partial charge in [0, 0.05) is 33.6 Å². The number of hydrogen-bond acceptors (Lipinski definition) is 3. The van der Waals surface area contributed by atoms with Crippen LogP contribution < -0.4 is 15.4 Å². The highest BCUT2D eigenvalue weighted by molar-refractivity contribution is 6.36. The zero-order valence-electron chi connectivity index (χ0n) is 16.9. The van der Waals surface area contributed by atoms with Crippen LogP contribution >= 0.6 is 23.2 Å². The first-order chi connectivity index (χ1) is 14.9.